The number of sulfonamides is 1. The summed E-state index contributed by atoms with van der Waals surface area (Å²) in [5, 5.41) is 9.88. The topological polar surface area (TPSA) is 114 Å². The number of alkyl halides is 2. The number of benzene rings is 1. The molecule has 1 fully saturated rings. The molecule has 1 aromatic carbocycles. The molecule has 5 rings (SSSR count). The summed E-state index contributed by atoms with van der Waals surface area (Å²) in [4.78, 5) is 10.5. The SMILES string of the molecule is COc1cc(-c2nc(N3C[C@@H](O)[C@@H]3C)nc3c2CCC3(F)F)cc2c1[C@@H](NS(C)(=O)=O)CO2. The Morgan fingerprint density at radius 2 is 2.09 bits per heavy atom. The highest BCUT2D eigenvalue weighted by Crippen LogP contribution is 2.48. The maximum Gasteiger partial charge on any atom is 0.290 e. The lowest BCUT2D eigenvalue weighted by Gasteiger charge is -2.43. The molecule has 2 N–H and O–H groups in total. The van der Waals surface area contributed by atoms with E-state index in [-0.39, 0.29) is 43.7 Å². The van der Waals surface area contributed by atoms with Crippen molar-refractivity contribution in [2.24, 2.45) is 0 Å². The first kappa shape index (κ1) is 22.2. The van der Waals surface area contributed by atoms with Crippen molar-refractivity contribution in [1.82, 2.24) is 14.7 Å². The van der Waals surface area contributed by atoms with E-state index in [1.807, 2.05) is 0 Å². The van der Waals surface area contributed by atoms with Crippen molar-refractivity contribution in [3.8, 4) is 22.8 Å². The third-order valence-electron chi connectivity index (χ3n) is 6.43. The number of β-amino-alcohol motifs (C(OH)–C–C–N with tert-alkyl or cyclic N) is 1. The van der Waals surface area contributed by atoms with Crippen molar-refractivity contribution >= 4 is 16.0 Å². The first-order valence-electron chi connectivity index (χ1n) is 10.5. The van der Waals surface area contributed by atoms with E-state index in [2.05, 4.69) is 14.7 Å². The van der Waals surface area contributed by atoms with E-state index in [0.29, 0.717) is 33.9 Å². The second kappa shape index (κ2) is 7.47. The normalized spacial score (nSPS) is 25.3. The van der Waals surface area contributed by atoms with Crippen LogP contribution in [0.4, 0.5) is 14.7 Å². The smallest absolute Gasteiger partial charge is 0.290 e. The highest BCUT2D eigenvalue weighted by molar-refractivity contribution is 7.88. The molecule has 3 atom stereocenters. The van der Waals surface area contributed by atoms with Crippen LogP contribution in [0, 0.1) is 0 Å². The Kier molecular flexibility index (Phi) is 5.03. The summed E-state index contributed by atoms with van der Waals surface area (Å²) in [7, 11) is -2.05. The Labute approximate surface area is 189 Å². The average Bonchev–Trinajstić information content (AvgIpc) is 3.29. The Morgan fingerprint density at radius 3 is 2.73 bits per heavy atom. The number of hydrogen-bond acceptors (Lipinski definition) is 8. The van der Waals surface area contributed by atoms with Crippen molar-refractivity contribution in [3.05, 3.63) is 29.0 Å². The van der Waals surface area contributed by atoms with Crippen molar-refractivity contribution < 1.29 is 31.8 Å². The third kappa shape index (κ3) is 3.69. The number of methoxy groups -OCH3 is 1. The Bertz CT molecular complexity index is 1240. The molecule has 1 aliphatic carbocycles. The molecule has 0 amide bonds. The zero-order chi connectivity index (χ0) is 23.7. The van der Waals surface area contributed by atoms with Crippen LogP contribution in [-0.2, 0) is 22.4 Å². The van der Waals surface area contributed by atoms with E-state index in [0.717, 1.165) is 6.26 Å². The van der Waals surface area contributed by atoms with Gasteiger partial charge in [0.1, 0.15) is 23.8 Å². The first-order valence-corrected chi connectivity index (χ1v) is 12.4. The molecule has 0 spiro atoms. The number of ether oxygens (including phenoxy) is 2. The number of aliphatic hydroxyl groups is 1. The van der Waals surface area contributed by atoms with E-state index >= 15 is 0 Å². The summed E-state index contributed by atoms with van der Waals surface area (Å²) in [5.41, 5.74) is 1.47. The number of aromatic nitrogens is 2. The molecule has 2 aromatic rings. The summed E-state index contributed by atoms with van der Waals surface area (Å²) >= 11 is 0. The van der Waals surface area contributed by atoms with Crippen molar-refractivity contribution in [1.29, 1.82) is 0 Å². The number of anilines is 1. The summed E-state index contributed by atoms with van der Waals surface area (Å²) in [6, 6.07) is 2.41. The van der Waals surface area contributed by atoms with E-state index in [9.17, 15) is 22.3 Å². The molecule has 1 saturated heterocycles. The zero-order valence-corrected chi connectivity index (χ0v) is 19.1. The zero-order valence-electron chi connectivity index (χ0n) is 18.3. The summed E-state index contributed by atoms with van der Waals surface area (Å²) in [6.07, 6.45) is 0.253. The minimum absolute atomic E-state index is 0.0800. The largest absolute Gasteiger partial charge is 0.496 e. The number of aliphatic hydroxyl groups excluding tert-OH is 1. The molecule has 33 heavy (non-hydrogen) atoms. The number of rotatable bonds is 5. The van der Waals surface area contributed by atoms with Crippen LogP contribution in [0.2, 0.25) is 0 Å². The Balaban J connectivity index is 1.64. The predicted molar refractivity (Wildman–Crippen MR) is 115 cm³/mol. The highest BCUT2D eigenvalue weighted by Gasteiger charge is 2.45. The maximum atomic E-state index is 14.7. The fraction of sp³-hybridized carbons (Fsp3) is 0.524. The molecular formula is C21H24F2N4O5S. The second-order valence-electron chi connectivity index (χ2n) is 8.71. The summed E-state index contributed by atoms with van der Waals surface area (Å²) < 4.78 is 66.6. The minimum atomic E-state index is -3.50. The second-order valence-corrected chi connectivity index (χ2v) is 10.5. The van der Waals surface area contributed by atoms with Crippen LogP contribution >= 0.6 is 0 Å². The molecule has 3 heterocycles. The monoisotopic (exact) mass is 482 g/mol. The van der Waals surface area contributed by atoms with E-state index < -0.39 is 28.1 Å². The van der Waals surface area contributed by atoms with Gasteiger partial charge in [-0.1, -0.05) is 0 Å². The summed E-state index contributed by atoms with van der Waals surface area (Å²) in [5.74, 6) is -2.17. The number of hydrogen-bond donors (Lipinski definition) is 2. The van der Waals surface area contributed by atoms with E-state index in [1.165, 1.54) is 7.11 Å². The average molecular weight is 483 g/mol. The van der Waals surface area contributed by atoms with Gasteiger partial charge < -0.3 is 19.5 Å². The van der Waals surface area contributed by atoms with Gasteiger partial charge in [-0.25, -0.2) is 23.1 Å². The number of fused-ring (bicyclic) bond motifs is 2. The first-order chi connectivity index (χ1) is 15.5. The molecule has 12 heteroatoms. The molecule has 0 radical (unpaired) electrons. The van der Waals surface area contributed by atoms with Crippen LogP contribution in [0.3, 0.4) is 0 Å². The van der Waals surface area contributed by atoms with Crippen LogP contribution in [0.1, 0.15) is 36.2 Å². The fourth-order valence-electron chi connectivity index (χ4n) is 4.61. The molecule has 2 aliphatic heterocycles. The van der Waals surface area contributed by atoms with Crippen molar-refractivity contribution in [2.75, 3.05) is 31.4 Å². The molecule has 9 nitrogen and oxygen atoms in total. The van der Waals surface area contributed by atoms with Gasteiger partial charge in [-0.15, -0.1) is 0 Å². The lowest BCUT2D eigenvalue weighted by molar-refractivity contribution is -0.00603. The lowest BCUT2D eigenvalue weighted by atomic mass is 9.99. The van der Waals surface area contributed by atoms with Crippen molar-refractivity contribution in [2.45, 2.75) is 43.9 Å². The predicted octanol–water partition coefficient (Wildman–Crippen LogP) is 1.74. The van der Waals surface area contributed by atoms with Crippen LogP contribution in [0.25, 0.3) is 11.3 Å². The van der Waals surface area contributed by atoms with E-state index in [1.54, 1.807) is 24.0 Å². The molecule has 178 valence electrons. The maximum absolute atomic E-state index is 14.7. The quantitative estimate of drug-likeness (QED) is 0.663. The van der Waals surface area contributed by atoms with Gasteiger partial charge in [0, 0.05) is 24.1 Å². The molecule has 0 bridgehead atoms. The van der Waals surface area contributed by atoms with Gasteiger partial charge >= 0.3 is 0 Å². The van der Waals surface area contributed by atoms with Crippen molar-refractivity contribution in [3.63, 3.8) is 0 Å². The lowest BCUT2D eigenvalue weighted by Crippen LogP contribution is -2.59. The van der Waals surface area contributed by atoms with Crippen LogP contribution < -0.4 is 19.1 Å². The van der Waals surface area contributed by atoms with Crippen LogP contribution in [0.5, 0.6) is 11.5 Å². The van der Waals surface area contributed by atoms with Gasteiger partial charge in [0.2, 0.25) is 16.0 Å². The molecule has 0 unspecified atom stereocenters. The number of halogens is 2. The molecular weight excluding hydrogens is 458 g/mol. The number of nitrogens with zero attached hydrogens (tertiary/aromatic N) is 3. The summed E-state index contributed by atoms with van der Waals surface area (Å²) in [6.45, 7) is 2.13. The van der Waals surface area contributed by atoms with Crippen LogP contribution in [-0.4, -0.2) is 62.2 Å². The van der Waals surface area contributed by atoms with Gasteiger partial charge in [-0.3, -0.25) is 0 Å². The Hall–Kier alpha value is -2.57. The van der Waals surface area contributed by atoms with Crippen LogP contribution in [0.15, 0.2) is 12.1 Å². The molecule has 1 aromatic heterocycles. The highest BCUT2D eigenvalue weighted by atomic mass is 32.2. The minimum Gasteiger partial charge on any atom is -0.496 e. The van der Waals surface area contributed by atoms with Gasteiger partial charge in [-0.2, -0.15) is 8.78 Å². The third-order valence-corrected chi connectivity index (χ3v) is 7.14. The fourth-order valence-corrected chi connectivity index (χ4v) is 5.31. The molecule has 0 saturated carbocycles. The van der Waals surface area contributed by atoms with E-state index in [4.69, 9.17) is 9.47 Å². The van der Waals surface area contributed by atoms with Gasteiger partial charge in [0.05, 0.1) is 42.8 Å². The van der Waals surface area contributed by atoms with Gasteiger partial charge in [0.15, 0.2) is 0 Å². The van der Waals surface area contributed by atoms with Gasteiger partial charge in [-0.05, 0) is 25.5 Å². The number of nitrogens with one attached hydrogen (secondary N) is 1. The molecule has 3 aliphatic rings. The van der Waals surface area contributed by atoms with Gasteiger partial charge in [0.25, 0.3) is 5.92 Å². The standard InChI is InChI=1S/C21H24F2N4O5S/c1-10-14(28)8-27(10)20-24-18(12-4-5-21(22,23)19(12)25-20)11-6-15(31-2)17-13(26-33(3,29)30)9-32-16(17)7-11/h6-7,10,13-14,26,28H,4-5,8-9H2,1-3H3/t10-,13-,14+/m0/s1. The Morgan fingerprint density at radius 1 is 1.33 bits per heavy atom.